The Kier molecular flexibility index (Phi) is 7.49. The van der Waals surface area contributed by atoms with E-state index >= 15 is 0 Å². The summed E-state index contributed by atoms with van der Waals surface area (Å²) in [6, 6.07) is 10.4. The van der Waals surface area contributed by atoms with Crippen molar-refractivity contribution < 1.29 is 17.9 Å². The van der Waals surface area contributed by atoms with Gasteiger partial charge in [0.05, 0.1) is 28.2 Å². The average molecular weight is 486 g/mol. The number of amides is 1. The first-order valence-electron chi connectivity index (χ1n) is 9.77. The Labute approximate surface area is 192 Å². The number of ether oxygens (including phenoxy) is 1. The molecule has 168 valence electrons. The summed E-state index contributed by atoms with van der Waals surface area (Å²) < 4.78 is 33.2. The first-order valence-corrected chi connectivity index (χ1v) is 12.0. The molecule has 2 aromatic carbocycles. The van der Waals surface area contributed by atoms with Gasteiger partial charge in [-0.25, -0.2) is 8.42 Å². The van der Waals surface area contributed by atoms with Crippen LogP contribution in [-0.4, -0.2) is 57.6 Å². The van der Waals surface area contributed by atoms with E-state index in [0.717, 1.165) is 13.1 Å². The predicted molar refractivity (Wildman–Crippen MR) is 123 cm³/mol. The molecule has 3 rings (SSSR count). The highest BCUT2D eigenvalue weighted by Gasteiger charge is 2.28. The van der Waals surface area contributed by atoms with Gasteiger partial charge < -0.3 is 10.1 Å². The van der Waals surface area contributed by atoms with Crippen LogP contribution in [0.15, 0.2) is 47.4 Å². The topological polar surface area (TPSA) is 87.7 Å². The van der Waals surface area contributed by atoms with E-state index in [-0.39, 0.29) is 32.1 Å². The molecule has 0 aromatic heterocycles. The molecule has 0 unspecified atom stereocenters. The second-order valence-corrected chi connectivity index (χ2v) is 10.4. The van der Waals surface area contributed by atoms with Crippen LogP contribution in [0.4, 0.5) is 5.69 Å². The second-order valence-electron chi connectivity index (χ2n) is 7.86. The lowest BCUT2D eigenvalue weighted by molar-refractivity contribution is -0.00923. The van der Waals surface area contributed by atoms with E-state index < -0.39 is 10.0 Å². The zero-order valence-electron chi connectivity index (χ0n) is 17.3. The number of hydrogen-bond donors (Lipinski definition) is 2. The molecule has 1 aliphatic heterocycles. The maximum atomic E-state index is 12.7. The van der Waals surface area contributed by atoms with Crippen molar-refractivity contribution in [2.75, 3.05) is 37.6 Å². The van der Waals surface area contributed by atoms with E-state index in [0.29, 0.717) is 25.3 Å². The molecule has 1 heterocycles. The highest BCUT2D eigenvalue weighted by molar-refractivity contribution is 7.92. The fraction of sp³-hybridized carbons (Fsp3) is 0.381. The molecule has 10 heteroatoms. The molecule has 0 radical (unpaired) electrons. The monoisotopic (exact) mass is 485 g/mol. The van der Waals surface area contributed by atoms with Gasteiger partial charge in [0.15, 0.2) is 0 Å². The minimum Gasteiger partial charge on any atom is -0.379 e. The van der Waals surface area contributed by atoms with Gasteiger partial charge in [0.1, 0.15) is 0 Å². The molecule has 1 aliphatic rings. The van der Waals surface area contributed by atoms with Gasteiger partial charge in [-0.3, -0.25) is 14.4 Å². The molecule has 2 N–H and O–H groups in total. The van der Waals surface area contributed by atoms with Gasteiger partial charge in [0.2, 0.25) is 0 Å². The van der Waals surface area contributed by atoms with Crippen molar-refractivity contribution in [1.82, 2.24) is 10.2 Å². The van der Waals surface area contributed by atoms with Crippen LogP contribution in [0, 0.1) is 0 Å². The molecule has 0 spiro atoms. The van der Waals surface area contributed by atoms with Gasteiger partial charge in [-0.05, 0) is 50.2 Å². The fourth-order valence-corrected chi connectivity index (χ4v) is 4.70. The van der Waals surface area contributed by atoms with Gasteiger partial charge in [-0.1, -0.05) is 29.3 Å². The van der Waals surface area contributed by atoms with Gasteiger partial charge in [-0.2, -0.15) is 0 Å². The van der Waals surface area contributed by atoms with Crippen LogP contribution >= 0.6 is 23.2 Å². The van der Waals surface area contributed by atoms with E-state index in [4.69, 9.17) is 27.9 Å². The number of carbonyl (C=O) groups is 1. The first kappa shape index (κ1) is 23.8. The molecular weight excluding hydrogens is 461 g/mol. The maximum Gasteiger partial charge on any atom is 0.261 e. The van der Waals surface area contributed by atoms with Crippen molar-refractivity contribution in [2.45, 2.75) is 24.3 Å². The third-order valence-electron chi connectivity index (χ3n) is 5.13. The van der Waals surface area contributed by atoms with E-state index in [1.54, 1.807) is 18.2 Å². The molecule has 1 saturated heterocycles. The standard InChI is InChI=1S/C21H25Cl2N3O4S/c1-21(2,26-8-10-30-11-9-26)14-24-20(27)15-4-3-5-16(12-15)25-31(28,29)17-6-7-18(22)19(23)13-17/h3-7,12-13,25H,8-11,14H2,1-2H3,(H,24,27). The SMILES string of the molecule is CC(C)(CNC(=O)c1cccc(NS(=O)(=O)c2ccc(Cl)c(Cl)c2)c1)N1CCOCC1. The summed E-state index contributed by atoms with van der Waals surface area (Å²) in [7, 11) is -3.89. The third-order valence-corrected chi connectivity index (χ3v) is 7.25. The summed E-state index contributed by atoms with van der Waals surface area (Å²) in [5.41, 5.74) is 0.394. The second kappa shape index (κ2) is 9.75. The molecule has 2 aromatic rings. The Hall–Kier alpha value is -1.84. The number of carbonyl (C=O) groups excluding carboxylic acids is 1. The molecule has 0 saturated carbocycles. The summed E-state index contributed by atoms with van der Waals surface area (Å²) in [6.07, 6.45) is 0. The Balaban J connectivity index is 1.67. The van der Waals surface area contributed by atoms with Gasteiger partial charge in [0.25, 0.3) is 15.9 Å². The first-order chi connectivity index (χ1) is 14.6. The minimum absolute atomic E-state index is 0.0241. The van der Waals surface area contributed by atoms with E-state index in [1.165, 1.54) is 24.3 Å². The van der Waals surface area contributed by atoms with E-state index in [2.05, 4.69) is 28.8 Å². The predicted octanol–water partition coefficient (Wildman–Crippen LogP) is 3.63. The zero-order chi connectivity index (χ0) is 22.6. The molecule has 1 amide bonds. The number of rotatable bonds is 7. The third kappa shape index (κ3) is 6.11. The van der Waals surface area contributed by atoms with Crippen molar-refractivity contribution in [1.29, 1.82) is 0 Å². The number of sulfonamides is 1. The number of morpholine rings is 1. The molecule has 0 aliphatic carbocycles. The van der Waals surface area contributed by atoms with Crippen molar-refractivity contribution in [3.8, 4) is 0 Å². The maximum absolute atomic E-state index is 12.7. The van der Waals surface area contributed by atoms with E-state index in [1.807, 2.05) is 0 Å². The Morgan fingerprint density at radius 3 is 2.48 bits per heavy atom. The summed E-state index contributed by atoms with van der Waals surface area (Å²) in [5, 5.41) is 3.34. The summed E-state index contributed by atoms with van der Waals surface area (Å²) in [6.45, 7) is 7.58. The van der Waals surface area contributed by atoms with Crippen LogP contribution in [0.3, 0.4) is 0 Å². The molecule has 31 heavy (non-hydrogen) atoms. The average Bonchev–Trinajstić information content (AvgIpc) is 2.74. The van der Waals surface area contributed by atoms with Crippen LogP contribution in [0.2, 0.25) is 10.0 Å². The lowest BCUT2D eigenvalue weighted by Gasteiger charge is -2.40. The Morgan fingerprint density at radius 2 is 1.81 bits per heavy atom. The van der Waals surface area contributed by atoms with Crippen LogP contribution in [0.1, 0.15) is 24.2 Å². The van der Waals surface area contributed by atoms with Crippen LogP contribution in [-0.2, 0) is 14.8 Å². The summed E-state index contributed by atoms with van der Waals surface area (Å²) in [5.74, 6) is -0.281. The normalized spacial score (nSPS) is 15.5. The number of nitrogens with zero attached hydrogens (tertiary/aromatic N) is 1. The fourth-order valence-electron chi connectivity index (χ4n) is 3.26. The number of halogens is 2. The lowest BCUT2D eigenvalue weighted by Crippen LogP contribution is -2.55. The highest BCUT2D eigenvalue weighted by atomic mass is 35.5. The summed E-state index contributed by atoms with van der Waals surface area (Å²) >= 11 is 11.8. The molecule has 0 atom stereocenters. The van der Waals surface area contributed by atoms with Crippen molar-refractivity contribution in [2.24, 2.45) is 0 Å². The summed E-state index contributed by atoms with van der Waals surface area (Å²) in [4.78, 5) is 14.9. The molecular formula is C21H25Cl2N3O4S. The molecule has 1 fully saturated rings. The Morgan fingerprint density at radius 1 is 1.10 bits per heavy atom. The minimum atomic E-state index is -3.89. The zero-order valence-corrected chi connectivity index (χ0v) is 19.6. The van der Waals surface area contributed by atoms with Crippen molar-refractivity contribution in [3.63, 3.8) is 0 Å². The highest BCUT2D eigenvalue weighted by Crippen LogP contribution is 2.26. The quantitative estimate of drug-likeness (QED) is 0.624. The van der Waals surface area contributed by atoms with Crippen molar-refractivity contribution >= 4 is 44.8 Å². The largest absolute Gasteiger partial charge is 0.379 e. The van der Waals surface area contributed by atoms with Gasteiger partial charge in [-0.15, -0.1) is 0 Å². The van der Waals surface area contributed by atoms with Crippen LogP contribution in [0.5, 0.6) is 0 Å². The van der Waals surface area contributed by atoms with Crippen molar-refractivity contribution in [3.05, 3.63) is 58.1 Å². The van der Waals surface area contributed by atoms with E-state index in [9.17, 15) is 13.2 Å². The number of nitrogens with one attached hydrogen (secondary N) is 2. The smallest absolute Gasteiger partial charge is 0.261 e. The van der Waals surface area contributed by atoms with Crippen LogP contribution < -0.4 is 10.0 Å². The lowest BCUT2D eigenvalue weighted by atomic mass is 10.0. The van der Waals surface area contributed by atoms with Crippen LogP contribution in [0.25, 0.3) is 0 Å². The van der Waals surface area contributed by atoms with Gasteiger partial charge in [0, 0.05) is 36.4 Å². The number of benzene rings is 2. The number of anilines is 1. The van der Waals surface area contributed by atoms with Gasteiger partial charge >= 0.3 is 0 Å². The molecule has 7 nitrogen and oxygen atoms in total. The molecule has 0 bridgehead atoms. The number of hydrogen-bond acceptors (Lipinski definition) is 5. The Bertz CT molecular complexity index is 1050.